The molecule has 1 aliphatic carbocycles. The number of aromatic nitrogens is 2. The molecular weight excluding hydrogens is 297 g/mol. The van der Waals surface area contributed by atoms with Crippen LogP contribution in [0.2, 0.25) is 0 Å². The summed E-state index contributed by atoms with van der Waals surface area (Å²) >= 11 is 0. The maximum Gasteiger partial charge on any atom is 0.225 e. The highest BCUT2D eigenvalue weighted by Crippen LogP contribution is 2.30. The van der Waals surface area contributed by atoms with Gasteiger partial charge < -0.3 is 14.3 Å². The van der Waals surface area contributed by atoms with Crippen LogP contribution in [0.4, 0.5) is 5.95 Å². The van der Waals surface area contributed by atoms with Gasteiger partial charge in [0.05, 0.1) is 11.8 Å². The van der Waals surface area contributed by atoms with Gasteiger partial charge in [-0.1, -0.05) is 33.3 Å². The number of nitrogens with zero attached hydrogens (tertiary/aromatic N) is 3. The molecule has 1 saturated carbocycles. The lowest BCUT2D eigenvalue weighted by molar-refractivity contribution is 0.219. The fraction of sp³-hybridized carbons (Fsp3) is 0.625. The minimum atomic E-state index is -0.424. The van der Waals surface area contributed by atoms with E-state index in [1.807, 2.05) is 13.1 Å². The highest BCUT2D eigenvalue weighted by atomic mass is 31.1. The van der Waals surface area contributed by atoms with Crippen molar-refractivity contribution >= 4 is 21.1 Å². The molecule has 2 rings (SSSR count). The van der Waals surface area contributed by atoms with Crippen LogP contribution in [0.1, 0.15) is 51.6 Å². The van der Waals surface area contributed by atoms with E-state index in [1.165, 1.54) is 12.8 Å². The van der Waals surface area contributed by atoms with Crippen molar-refractivity contribution in [2.75, 3.05) is 11.9 Å². The topological polar surface area (TPSA) is 58.5 Å². The van der Waals surface area contributed by atoms with Gasteiger partial charge in [-0.05, 0) is 31.4 Å². The third-order valence-corrected chi connectivity index (χ3v) is 4.25. The summed E-state index contributed by atoms with van der Waals surface area (Å²) in [4.78, 5) is 19.6. The minimum absolute atomic E-state index is 0.156. The van der Waals surface area contributed by atoms with Gasteiger partial charge in [-0.2, -0.15) is 0 Å². The highest BCUT2D eigenvalue weighted by molar-refractivity contribution is 7.25. The first-order valence-electron chi connectivity index (χ1n) is 7.89. The fourth-order valence-electron chi connectivity index (χ4n) is 2.26. The van der Waals surface area contributed by atoms with Gasteiger partial charge in [-0.25, -0.2) is 9.97 Å². The Morgan fingerprint density at radius 3 is 2.77 bits per heavy atom. The fourth-order valence-corrected chi connectivity index (χ4v) is 2.62. The largest absolute Gasteiger partial charge is 0.352 e. The van der Waals surface area contributed by atoms with Gasteiger partial charge >= 0.3 is 0 Å². The van der Waals surface area contributed by atoms with Crippen molar-refractivity contribution in [1.82, 2.24) is 9.97 Å². The highest BCUT2D eigenvalue weighted by Gasteiger charge is 2.29. The molecule has 1 fully saturated rings. The van der Waals surface area contributed by atoms with Gasteiger partial charge in [0.2, 0.25) is 5.95 Å². The lowest BCUT2D eigenvalue weighted by Gasteiger charge is -2.24. The Balaban J connectivity index is 0.000000541. The molecule has 0 spiro atoms. The summed E-state index contributed by atoms with van der Waals surface area (Å²) < 4.78 is 5.26. The van der Waals surface area contributed by atoms with Gasteiger partial charge in [-0.3, -0.25) is 0 Å². The van der Waals surface area contributed by atoms with Gasteiger partial charge in [0.15, 0.2) is 9.03 Å². The second-order valence-corrected chi connectivity index (χ2v) is 5.81. The third-order valence-electron chi connectivity index (χ3n) is 3.81. The van der Waals surface area contributed by atoms with E-state index in [1.54, 1.807) is 12.3 Å². The number of anilines is 1. The average Bonchev–Trinajstić information content (AvgIpc) is 3.03. The summed E-state index contributed by atoms with van der Waals surface area (Å²) in [6.45, 7) is 8.07. The van der Waals surface area contributed by atoms with Gasteiger partial charge in [0.1, 0.15) is 0 Å². The Morgan fingerprint density at radius 1 is 1.45 bits per heavy atom. The molecule has 5 nitrogen and oxygen atoms in total. The Labute approximate surface area is 135 Å². The minimum Gasteiger partial charge on any atom is -0.352 e. The van der Waals surface area contributed by atoms with Crippen LogP contribution in [0, 0.1) is 0 Å². The van der Waals surface area contributed by atoms with Crippen molar-refractivity contribution in [3.63, 3.8) is 0 Å². The Hall–Kier alpha value is -1.03. The van der Waals surface area contributed by atoms with Gasteiger partial charge in [0, 0.05) is 19.3 Å². The maximum atomic E-state index is 8.79. The van der Waals surface area contributed by atoms with E-state index in [0.29, 0.717) is 12.0 Å². The Kier molecular flexibility index (Phi) is 9.21. The molecule has 124 valence electrons. The van der Waals surface area contributed by atoms with Crippen LogP contribution < -0.4 is 4.90 Å². The molecule has 1 N–H and O–H groups in total. The van der Waals surface area contributed by atoms with Crippen LogP contribution in [0.15, 0.2) is 18.8 Å². The van der Waals surface area contributed by atoms with E-state index in [4.69, 9.17) is 9.42 Å². The molecule has 1 aromatic rings. The van der Waals surface area contributed by atoms with Crippen molar-refractivity contribution in [2.24, 2.45) is 0 Å². The summed E-state index contributed by atoms with van der Waals surface area (Å²) in [6, 6.07) is 2.20. The van der Waals surface area contributed by atoms with E-state index >= 15 is 0 Å². The van der Waals surface area contributed by atoms with Crippen molar-refractivity contribution < 1.29 is 9.42 Å². The SMILES string of the molecule is C=Cc1ccnc(N(C)C2CCC(OPO)C2)n1.CCCC. The second-order valence-electron chi connectivity index (χ2n) is 5.39. The molecule has 1 heterocycles. The smallest absolute Gasteiger partial charge is 0.225 e. The number of unbranched alkanes of at least 4 members (excludes halogenated alkanes) is 1. The standard InChI is InChI=1S/C12H18N3O2P.C4H10/c1-3-9-6-7-13-12(14-9)15(2)10-4-5-11(8-10)17-18-16;1-3-4-2/h3,6-7,10-11,16,18H,1,4-5,8H2,2H3;3-4H2,1-2H3. The zero-order chi connectivity index (χ0) is 16.4. The predicted molar refractivity (Wildman–Crippen MR) is 94.2 cm³/mol. The first kappa shape index (κ1) is 19.0. The van der Waals surface area contributed by atoms with Crippen molar-refractivity contribution in [2.45, 2.75) is 58.1 Å². The van der Waals surface area contributed by atoms with Crippen LogP contribution in [0.3, 0.4) is 0 Å². The number of rotatable bonds is 6. The number of hydrogen-bond donors (Lipinski definition) is 1. The van der Waals surface area contributed by atoms with Crippen LogP contribution in [-0.4, -0.2) is 34.1 Å². The second kappa shape index (κ2) is 10.7. The van der Waals surface area contributed by atoms with E-state index < -0.39 is 9.03 Å². The third kappa shape index (κ3) is 5.99. The molecule has 0 amide bonds. The normalized spacial score (nSPS) is 20.7. The van der Waals surface area contributed by atoms with Gasteiger partial charge in [-0.15, -0.1) is 0 Å². The van der Waals surface area contributed by atoms with Crippen molar-refractivity contribution in [3.8, 4) is 0 Å². The first-order valence-corrected chi connectivity index (χ1v) is 8.74. The molecule has 3 unspecified atom stereocenters. The molecular formula is C16H28N3O2P. The zero-order valence-corrected chi connectivity index (χ0v) is 14.8. The van der Waals surface area contributed by atoms with Gasteiger partial charge in [0.25, 0.3) is 0 Å². The van der Waals surface area contributed by atoms with Crippen LogP contribution in [0.25, 0.3) is 6.08 Å². The quantitative estimate of drug-likeness (QED) is 0.806. The number of hydrogen-bond acceptors (Lipinski definition) is 5. The Morgan fingerprint density at radius 2 is 2.18 bits per heavy atom. The van der Waals surface area contributed by atoms with Crippen LogP contribution >= 0.6 is 9.03 Å². The average molecular weight is 325 g/mol. The molecule has 0 saturated heterocycles. The molecule has 6 heteroatoms. The predicted octanol–water partition coefficient (Wildman–Crippen LogP) is 3.80. The van der Waals surface area contributed by atoms with E-state index in [0.717, 1.165) is 25.0 Å². The summed E-state index contributed by atoms with van der Waals surface area (Å²) in [5.74, 6) is 0.712. The Bertz CT molecular complexity index is 443. The van der Waals surface area contributed by atoms with Crippen LogP contribution in [0.5, 0.6) is 0 Å². The lowest BCUT2D eigenvalue weighted by Crippen LogP contribution is -2.31. The molecule has 0 radical (unpaired) electrons. The first-order chi connectivity index (χ1) is 10.7. The molecule has 0 aromatic carbocycles. The van der Waals surface area contributed by atoms with E-state index in [-0.39, 0.29) is 6.10 Å². The molecule has 3 atom stereocenters. The maximum absolute atomic E-state index is 8.79. The van der Waals surface area contributed by atoms with E-state index in [2.05, 4.69) is 35.3 Å². The molecule has 0 bridgehead atoms. The summed E-state index contributed by atoms with van der Waals surface area (Å²) in [6.07, 6.45) is 9.17. The summed E-state index contributed by atoms with van der Waals surface area (Å²) in [5.41, 5.74) is 0.828. The molecule has 1 aromatic heterocycles. The van der Waals surface area contributed by atoms with Crippen LogP contribution in [-0.2, 0) is 4.52 Å². The van der Waals surface area contributed by atoms with E-state index in [9.17, 15) is 0 Å². The van der Waals surface area contributed by atoms with Crippen molar-refractivity contribution in [3.05, 3.63) is 24.5 Å². The zero-order valence-electron chi connectivity index (χ0n) is 13.8. The molecule has 22 heavy (non-hydrogen) atoms. The summed E-state index contributed by atoms with van der Waals surface area (Å²) in [5, 5.41) is 0. The monoisotopic (exact) mass is 325 g/mol. The molecule has 1 aliphatic rings. The summed E-state index contributed by atoms with van der Waals surface area (Å²) in [7, 11) is 1.57. The lowest BCUT2D eigenvalue weighted by atomic mass is 10.2. The molecule has 0 aliphatic heterocycles. The van der Waals surface area contributed by atoms with Crippen molar-refractivity contribution in [1.29, 1.82) is 0 Å².